The van der Waals surface area contributed by atoms with Crippen molar-refractivity contribution in [3.8, 4) is 0 Å². The van der Waals surface area contributed by atoms with Crippen LogP contribution in [-0.2, 0) is 19.0 Å². The third-order valence-corrected chi connectivity index (χ3v) is 3.31. The van der Waals surface area contributed by atoms with E-state index in [1.165, 1.54) is 7.11 Å². The second-order valence-electron chi connectivity index (χ2n) is 4.57. The number of ether oxygens (including phenoxy) is 3. The lowest BCUT2D eigenvalue weighted by atomic mass is 9.87. The molecule has 0 aliphatic heterocycles. The average molecular weight is 244 g/mol. The molecule has 1 saturated carbocycles. The van der Waals surface area contributed by atoms with E-state index in [0.717, 1.165) is 51.7 Å². The van der Waals surface area contributed by atoms with Crippen LogP contribution in [0.3, 0.4) is 0 Å². The third-order valence-electron chi connectivity index (χ3n) is 3.31. The van der Waals surface area contributed by atoms with E-state index in [1.54, 1.807) is 7.11 Å². The molecule has 1 fully saturated rings. The van der Waals surface area contributed by atoms with Crippen molar-refractivity contribution < 1.29 is 19.0 Å². The number of unbranched alkanes of at least 4 members (excludes halogenated alkanes) is 1. The first-order chi connectivity index (χ1) is 8.27. The number of carbonyl (C=O) groups is 1. The summed E-state index contributed by atoms with van der Waals surface area (Å²) >= 11 is 0. The number of hydrogen-bond acceptors (Lipinski definition) is 4. The second-order valence-corrected chi connectivity index (χ2v) is 4.57. The van der Waals surface area contributed by atoms with Crippen molar-refractivity contribution in [2.45, 2.75) is 44.6 Å². The van der Waals surface area contributed by atoms with Gasteiger partial charge in [0.15, 0.2) is 0 Å². The number of esters is 1. The van der Waals surface area contributed by atoms with Gasteiger partial charge in [0.25, 0.3) is 0 Å². The minimum Gasteiger partial charge on any atom is -0.469 e. The van der Waals surface area contributed by atoms with Crippen molar-refractivity contribution in [1.82, 2.24) is 0 Å². The fourth-order valence-corrected chi connectivity index (χ4v) is 2.23. The summed E-state index contributed by atoms with van der Waals surface area (Å²) < 4.78 is 15.5. The monoisotopic (exact) mass is 244 g/mol. The summed E-state index contributed by atoms with van der Waals surface area (Å²) in [6.45, 7) is 1.61. The van der Waals surface area contributed by atoms with Gasteiger partial charge in [-0.2, -0.15) is 0 Å². The molecule has 1 rings (SSSR count). The smallest absolute Gasteiger partial charge is 0.308 e. The first-order valence-electron chi connectivity index (χ1n) is 6.46. The molecule has 0 amide bonds. The van der Waals surface area contributed by atoms with Gasteiger partial charge < -0.3 is 14.2 Å². The van der Waals surface area contributed by atoms with Crippen LogP contribution in [0.2, 0.25) is 0 Å². The number of rotatable bonds is 7. The van der Waals surface area contributed by atoms with Crippen LogP contribution in [0.4, 0.5) is 0 Å². The van der Waals surface area contributed by atoms with Gasteiger partial charge >= 0.3 is 5.97 Å². The largest absolute Gasteiger partial charge is 0.469 e. The average Bonchev–Trinajstić information content (AvgIpc) is 2.38. The van der Waals surface area contributed by atoms with Crippen molar-refractivity contribution in [2.24, 2.45) is 5.92 Å². The summed E-state index contributed by atoms with van der Waals surface area (Å²) in [6, 6.07) is 0. The molecule has 4 heteroatoms. The second kappa shape index (κ2) is 8.48. The Morgan fingerprint density at radius 2 is 1.71 bits per heavy atom. The van der Waals surface area contributed by atoms with Crippen LogP contribution in [0.1, 0.15) is 38.5 Å². The topological polar surface area (TPSA) is 44.8 Å². The molecule has 100 valence electrons. The summed E-state index contributed by atoms with van der Waals surface area (Å²) in [7, 11) is 3.18. The highest BCUT2D eigenvalue weighted by atomic mass is 16.5. The zero-order chi connectivity index (χ0) is 12.5. The molecule has 0 aromatic heterocycles. The van der Waals surface area contributed by atoms with Crippen LogP contribution in [-0.4, -0.2) is 39.5 Å². The van der Waals surface area contributed by atoms with Crippen molar-refractivity contribution >= 4 is 5.97 Å². The summed E-state index contributed by atoms with van der Waals surface area (Å²) in [5.74, 6) is 0.0249. The predicted octanol–water partition coefficient (Wildman–Crippen LogP) is 2.16. The van der Waals surface area contributed by atoms with Crippen LogP contribution < -0.4 is 0 Å². The molecule has 0 unspecified atom stereocenters. The lowest BCUT2D eigenvalue weighted by molar-refractivity contribution is -0.147. The minimum absolute atomic E-state index is 0.0662. The van der Waals surface area contributed by atoms with Crippen LogP contribution in [0.5, 0.6) is 0 Å². The fraction of sp³-hybridized carbons (Fsp3) is 0.923. The van der Waals surface area contributed by atoms with E-state index in [9.17, 15) is 4.79 Å². The van der Waals surface area contributed by atoms with Gasteiger partial charge in [-0.3, -0.25) is 4.79 Å². The molecule has 4 nitrogen and oxygen atoms in total. The summed E-state index contributed by atoms with van der Waals surface area (Å²) in [5.41, 5.74) is 0. The van der Waals surface area contributed by atoms with Gasteiger partial charge in [-0.15, -0.1) is 0 Å². The first kappa shape index (κ1) is 14.5. The summed E-state index contributed by atoms with van der Waals surface area (Å²) in [6.07, 6.45) is 6.18. The molecule has 0 spiro atoms. The molecule has 1 aliphatic rings. The van der Waals surface area contributed by atoms with E-state index in [0.29, 0.717) is 6.10 Å². The molecule has 0 radical (unpaired) electrons. The van der Waals surface area contributed by atoms with Gasteiger partial charge in [0, 0.05) is 20.3 Å². The SMILES string of the molecule is COCCCCOC1CCC(C(=O)OC)CC1. The zero-order valence-electron chi connectivity index (χ0n) is 10.9. The van der Waals surface area contributed by atoms with E-state index in [4.69, 9.17) is 14.2 Å². The Bertz CT molecular complexity index is 209. The summed E-state index contributed by atoms with van der Waals surface area (Å²) in [4.78, 5) is 11.3. The molecule has 0 atom stereocenters. The van der Waals surface area contributed by atoms with Crippen molar-refractivity contribution in [3.05, 3.63) is 0 Å². The Morgan fingerprint density at radius 3 is 2.29 bits per heavy atom. The lowest BCUT2D eigenvalue weighted by Gasteiger charge is -2.26. The molecule has 0 heterocycles. The van der Waals surface area contributed by atoms with Crippen LogP contribution in [0.25, 0.3) is 0 Å². The molecule has 0 bridgehead atoms. The maximum Gasteiger partial charge on any atom is 0.308 e. The van der Waals surface area contributed by atoms with Gasteiger partial charge in [-0.1, -0.05) is 0 Å². The zero-order valence-corrected chi connectivity index (χ0v) is 10.9. The molecule has 0 aromatic carbocycles. The van der Waals surface area contributed by atoms with Crippen molar-refractivity contribution in [3.63, 3.8) is 0 Å². The normalized spacial score (nSPS) is 24.6. The van der Waals surface area contributed by atoms with Gasteiger partial charge in [0.2, 0.25) is 0 Å². The standard InChI is InChI=1S/C13H24O4/c1-15-9-3-4-10-17-12-7-5-11(6-8-12)13(14)16-2/h11-12H,3-10H2,1-2H3. The number of carbonyl (C=O) groups excluding carboxylic acids is 1. The third kappa shape index (κ3) is 5.50. The Morgan fingerprint density at radius 1 is 1.06 bits per heavy atom. The highest BCUT2D eigenvalue weighted by Gasteiger charge is 2.26. The maximum atomic E-state index is 11.3. The lowest BCUT2D eigenvalue weighted by Crippen LogP contribution is -2.27. The molecule has 0 N–H and O–H groups in total. The highest BCUT2D eigenvalue weighted by molar-refractivity contribution is 5.72. The van der Waals surface area contributed by atoms with Crippen LogP contribution >= 0.6 is 0 Å². The van der Waals surface area contributed by atoms with Gasteiger partial charge in [-0.25, -0.2) is 0 Å². The van der Waals surface area contributed by atoms with E-state index in [-0.39, 0.29) is 11.9 Å². The van der Waals surface area contributed by atoms with Crippen molar-refractivity contribution in [2.75, 3.05) is 27.4 Å². The molecule has 17 heavy (non-hydrogen) atoms. The molecular formula is C13H24O4. The highest BCUT2D eigenvalue weighted by Crippen LogP contribution is 2.27. The van der Waals surface area contributed by atoms with E-state index in [2.05, 4.69) is 0 Å². The van der Waals surface area contributed by atoms with E-state index < -0.39 is 0 Å². The molecule has 0 saturated heterocycles. The molecule has 1 aliphatic carbocycles. The Kier molecular flexibility index (Phi) is 7.21. The molecule has 0 aromatic rings. The number of hydrogen-bond donors (Lipinski definition) is 0. The Hall–Kier alpha value is -0.610. The Balaban J connectivity index is 2.05. The van der Waals surface area contributed by atoms with Crippen LogP contribution in [0, 0.1) is 5.92 Å². The predicted molar refractivity (Wildman–Crippen MR) is 64.8 cm³/mol. The van der Waals surface area contributed by atoms with Gasteiger partial charge in [0.05, 0.1) is 19.1 Å². The number of methoxy groups -OCH3 is 2. The maximum absolute atomic E-state index is 11.3. The minimum atomic E-state index is -0.0662. The van der Waals surface area contributed by atoms with Gasteiger partial charge in [-0.05, 0) is 38.5 Å². The quantitative estimate of drug-likeness (QED) is 0.508. The molecular weight excluding hydrogens is 220 g/mol. The van der Waals surface area contributed by atoms with Crippen LogP contribution in [0.15, 0.2) is 0 Å². The fourth-order valence-electron chi connectivity index (χ4n) is 2.23. The van der Waals surface area contributed by atoms with Crippen molar-refractivity contribution in [1.29, 1.82) is 0 Å². The first-order valence-corrected chi connectivity index (χ1v) is 6.46. The van der Waals surface area contributed by atoms with E-state index in [1.807, 2.05) is 0 Å². The summed E-state index contributed by atoms with van der Waals surface area (Å²) in [5, 5.41) is 0. The van der Waals surface area contributed by atoms with E-state index >= 15 is 0 Å². The Labute approximate surface area is 104 Å². The van der Waals surface area contributed by atoms with Gasteiger partial charge in [0.1, 0.15) is 0 Å².